The number of aliphatic imine (C=N–C) groups is 1. The van der Waals surface area contributed by atoms with Gasteiger partial charge in [0.15, 0.2) is 11.7 Å². The van der Waals surface area contributed by atoms with E-state index < -0.39 is 0 Å². The highest BCUT2D eigenvalue weighted by molar-refractivity contribution is 6.09. The van der Waals surface area contributed by atoms with Gasteiger partial charge in [-0.2, -0.15) is 0 Å². The maximum Gasteiger partial charge on any atom is 0.231 e. The number of benzene rings is 2. The molecule has 3 rings (SSSR count). The number of nitrogens with two attached hydrogens (primary N) is 1. The van der Waals surface area contributed by atoms with Crippen LogP contribution in [-0.2, 0) is 6.42 Å². The number of aromatic nitrogens is 1. The van der Waals surface area contributed by atoms with Crippen molar-refractivity contribution in [2.24, 2.45) is 10.7 Å². The molecule has 7 nitrogen and oxygen atoms in total. The van der Waals surface area contributed by atoms with E-state index in [1.807, 2.05) is 54.6 Å². The van der Waals surface area contributed by atoms with Gasteiger partial charge in [0, 0.05) is 30.3 Å². The molecular formula is C23H26N4O3. The van der Waals surface area contributed by atoms with Crippen LogP contribution in [0.15, 0.2) is 70.2 Å². The van der Waals surface area contributed by atoms with Crippen LogP contribution in [0.5, 0.6) is 0 Å². The molecule has 0 spiro atoms. The highest BCUT2D eigenvalue weighted by atomic mass is 16.5. The molecule has 0 aliphatic rings. The first-order valence-electron chi connectivity index (χ1n) is 9.90. The number of ketones is 1. The molecule has 1 unspecified atom stereocenters. The smallest absolute Gasteiger partial charge is 0.231 e. The Morgan fingerprint density at radius 1 is 1.17 bits per heavy atom. The van der Waals surface area contributed by atoms with Crippen molar-refractivity contribution in [3.8, 4) is 0 Å². The largest absolute Gasteiger partial charge is 0.396 e. The Bertz CT molecular complexity index is 998. The first-order chi connectivity index (χ1) is 14.6. The van der Waals surface area contributed by atoms with Crippen molar-refractivity contribution in [1.29, 1.82) is 0 Å². The van der Waals surface area contributed by atoms with Crippen molar-refractivity contribution < 1.29 is 14.4 Å². The Balaban J connectivity index is 1.64. The molecule has 0 aliphatic heterocycles. The number of nitrogens with one attached hydrogen (secondary N) is 1. The molecule has 0 bridgehead atoms. The van der Waals surface area contributed by atoms with Crippen LogP contribution in [0.4, 0.5) is 5.88 Å². The number of aliphatic hydroxyl groups is 1. The summed E-state index contributed by atoms with van der Waals surface area (Å²) in [4.78, 5) is 16.8. The third kappa shape index (κ3) is 5.78. The van der Waals surface area contributed by atoms with Gasteiger partial charge in [-0.1, -0.05) is 60.6 Å². The number of guanidine groups is 1. The molecule has 3 aromatic rings. The highest BCUT2D eigenvalue weighted by Gasteiger charge is 2.14. The monoisotopic (exact) mass is 406 g/mol. The first-order valence-corrected chi connectivity index (χ1v) is 9.90. The highest BCUT2D eigenvalue weighted by Crippen LogP contribution is 2.23. The molecule has 1 atom stereocenters. The maximum absolute atomic E-state index is 12.7. The number of rotatable bonds is 9. The average molecular weight is 406 g/mol. The summed E-state index contributed by atoms with van der Waals surface area (Å²) in [5.74, 6) is 0.775. The predicted molar refractivity (Wildman–Crippen MR) is 117 cm³/mol. The first kappa shape index (κ1) is 21.3. The summed E-state index contributed by atoms with van der Waals surface area (Å²) in [7, 11) is 0. The van der Waals surface area contributed by atoms with E-state index in [1.165, 1.54) is 0 Å². The van der Waals surface area contributed by atoms with Gasteiger partial charge in [0.05, 0.1) is 5.69 Å². The summed E-state index contributed by atoms with van der Waals surface area (Å²) in [6.07, 6.45) is 1.20. The Hall–Kier alpha value is -3.45. The van der Waals surface area contributed by atoms with Crippen LogP contribution in [0, 0.1) is 0 Å². The topological polar surface area (TPSA) is 114 Å². The second-order valence-corrected chi connectivity index (χ2v) is 7.08. The number of hydrogen-bond acceptors (Lipinski definition) is 5. The summed E-state index contributed by atoms with van der Waals surface area (Å²) < 4.78 is 5.27. The number of carbonyl (C=O) groups is 1. The third-order valence-electron chi connectivity index (χ3n) is 4.68. The summed E-state index contributed by atoms with van der Waals surface area (Å²) in [6.45, 7) is 2.59. The van der Waals surface area contributed by atoms with E-state index in [0.717, 1.165) is 11.3 Å². The maximum atomic E-state index is 12.7. The van der Waals surface area contributed by atoms with Crippen molar-refractivity contribution in [3.05, 3.63) is 83.0 Å². The molecule has 0 radical (unpaired) electrons. The third-order valence-corrected chi connectivity index (χ3v) is 4.68. The van der Waals surface area contributed by atoms with E-state index in [1.54, 1.807) is 6.07 Å². The molecule has 30 heavy (non-hydrogen) atoms. The molecular weight excluding hydrogens is 380 g/mol. The SMILES string of the molecule is CC(Cc1cc(NC(N)=NCCCO)on1)c1cccc(C(=O)c2ccccc2)c1. The number of nitrogens with zero attached hydrogens (tertiary/aromatic N) is 2. The number of aliphatic hydroxyl groups excluding tert-OH is 1. The summed E-state index contributed by atoms with van der Waals surface area (Å²) >= 11 is 0. The molecule has 0 aliphatic carbocycles. The van der Waals surface area contributed by atoms with E-state index in [9.17, 15) is 4.79 Å². The second-order valence-electron chi connectivity index (χ2n) is 7.08. The van der Waals surface area contributed by atoms with Crippen molar-refractivity contribution >= 4 is 17.6 Å². The van der Waals surface area contributed by atoms with Crippen molar-refractivity contribution in [2.45, 2.75) is 25.7 Å². The van der Waals surface area contributed by atoms with E-state index in [0.29, 0.717) is 36.4 Å². The van der Waals surface area contributed by atoms with Crippen LogP contribution in [0.25, 0.3) is 0 Å². The lowest BCUT2D eigenvalue weighted by Gasteiger charge is -2.11. The summed E-state index contributed by atoms with van der Waals surface area (Å²) in [6, 6.07) is 18.7. The normalized spacial score (nSPS) is 12.5. The summed E-state index contributed by atoms with van der Waals surface area (Å²) in [5, 5.41) is 15.7. The summed E-state index contributed by atoms with van der Waals surface area (Å²) in [5.41, 5.74) is 8.95. The molecule has 2 aromatic carbocycles. The lowest BCUT2D eigenvalue weighted by Crippen LogP contribution is -2.22. The van der Waals surface area contributed by atoms with Crippen molar-refractivity contribution in [1.82, 2.24) is 5.16 Å². The Morgan fingerprint density at radius 3 is 2.70 bits per heavy atom. The molecule has 0 fully saturated rings. The number of hydrogen-bond donors (Lipinski definition) is 3. The molecule has 1 aromatic heterocycles. The number of carbonyl (C=O) groups excluding carboxylic acids is 1. The van der Waals surface area contributed by atoms with Crippen LogP contribution in [0.2, 0.25) is 0 Å². The van der Waals surface area contributed by atoms with Gasteiger partial charge in [0.25, 0.3) is 0 Å². The van der Waals surface area contributed by atoms with Gasteiger partial charge >= 0.3 is 0 Å². The molecule has 0 amide bonds. The zero-order valence-electron chi connectivity index (χ0n) is 16.9. The minimum Gasteiger partial charge on any atom is -0.396 e. The van der Waals surface area contributed by atoms with Crippen LogP contribution in [0.3, 0.4) is 0 Å². The lowest BCUT2D eigenvalue weighted by molar-refractivity contribution is 0.103. The predicted octanol–water partition coefficient (Wildman–Crippen LogP) is 3.36. The minimum absolute atomic E-state index is 0.00790. The fourth-order valence-corrected chi connectivity index (χ4v) is 3.08. The molecule has 0 saturated carbocycles. The zero-order valence-corrected chi connectivity index (χ0v) is 16.9. The van der Waals surface area contributed by atoms with Gasteiger partial charge in [-0.15, -0.1) is 0 Å². The Kier molecular flexibility index (Phi) is 7.34. The van der Waals surface area contributed by atoms with E-state index >= 15 is 0 Å². The van der Waals surface area contributed by atoms with Crippen LogP contribution in [0.1, 0.15) is 46.4 Å². The van der Waals surface area contributed by atoms with Crippen LogP contribution in [-0.4, -0.2) is 35.2 Å². The Morgan fingerprint density at radius 2 is 1.93 bits per heavy atom. The molecule has 7 heteroatoms. The average Bonchev–Trinajstić information content (AvgIpc) is 3.20. The quantitative estimate of drug-likeness (QED) is 0.217. The second kappa shape index (κ2) is 10.4. The van der Waals surface area contributed by atoms with Crippen molar-refractivity contribution in [3.63, 3.8) is 0 Å². The van der Waals surface area contributed by atoms with Gasteiger partial charge in [0.1, 0.15) is 0 Å². The zero-order chi connectivity index (χ0) is 21.3. The van der Waals surface area contributed by atoms with E-state index in [2.05, 4.69) is 22.4 Å². The van der Waals surface area contributed by atoms with Crippen LogP contribution >= 0.6 is 0 Å². The molecule has 4 N–H and O–H groups in total. The van der Waals surface area contributed by atoms with Gasteiger partial charge in [-0.05, 0) is 30.4 Å². The van der Waals surface area contributed by atoms with Gasteiger partial charge in [-0.25, -0.2) is 0 Å². The lowest BCUT2D eigenvalue weighted by atomic mass is 9.93. The van der Waals surface area contributed by atoms with E-state index in [4.69, 9.17) is 15.4 Å². The van der Waals surface area contributed by atoms with Gasteiger partial charge in [0.2, 0.25) is 5.88 Å². The standard InChI is InChI=1S/C23H26N4O3/c1-16(13-20-15-21(30-27-20)26-23(24)25-11-6-12-28)18-9-5-10-19(14-18)22(29)17-7-3-2-4-8-17/h2-5,7-10,14-16,28H,6,11-13H2,1H3,(H3,24,25,26). The fourth-order valence-electron chi connectivity index (χ4n) is 3.08. The van der Waals surface area contributed by atoms with E-state index in [-0.39, 0.29) is 24.3 Å². The fraction of sp³-hybridized carbons (Fsp3) is 0.261. The molecule has 0 saturated heterocycles. The molecule has 156 valence electrons. The van der Waals surface area contributed by atoms with Gasteiger partial charge < -0.3 is 15.4 Å². The van der Waals surface area contributed by atoms with Crippen LogP contribution < -0.4 is 11.1 Å². The van der Waals surface area contributed by atoms with Gasteiger partial charge in [-0.3, -0.25) is 15.1 Å². The Labute approximate surface area is 175 Å². The minimum atomic E-state index is 0.00790. The molecule has 1 heterocycles. The number of anilines is 1. The van der Waals surface area contributed by atoms with Crippen molar-refractivity contribution in [2.75, 3.05) is 18.5 Å².